The van der Waals surface area contributed by atoms with E-state index >= 15 is 0 Å². The summed E-state index contributed by atoms with van der Waals surface area (Å²) in [6.07, 6.45) is 2.06. The van der Waals surface area contributed by atoms with Gasteiger partial charge in [0.05, 0.1) is 0 Å². The molecule has 0 amide bonds. The Labute approximate surface area is 142 Å². The molecular weight excluding hydrogens is 342 g/mol. The van der Waals surface area contributed by atoms with Crippen LogP contribution in [-0.2, 0) is 5.33 Å². The third kappa shape index (κ3) is 3.00. The molecule has 2 heterocycles. The summed E-state index contributed by atoms with van der Waals surface area (Å²) in [5, 5.41) is 0.847. The van der Waals surface area contributed by atoms with Crippen LogP contribution in [0.1, 0.15) is 44.7 Å². The predicted molar refractivity (Wildman–Crippen MR) is 93.2 cm³/mol. The quantitative estimate of drug-likeness (QED) is 0.690. The second-order valence-corrected chi connectivity index (χ2v) is 8.15. The smallest absolute Gasteiger partial charge is 0.162 e. The van der Waals surface area contributed by atoms with Crippen molar-refractivity contribution >= 4 is 15.9 Å². The molecule has 1 aromatic carbocycles. The van der Waals surface area contributed by atoms with Gasteiger partial charge in [-0.3, -0.25) is 4.90 Å². The molecule has 2 aliphatic rings. The summed E-state index contributed by atoms with van der Waals surface area (Å²) in [7, 11) is 0. The lowest BCUT2D eigenvalue weighted by atomic mass is 9.88. The van der Waals surface area contributed by atoms with Gasteiger partial charge in [-0.25, -0.2) is 0 Å². The van der Waals surface area contributed by atoms with Gasteiger partial charge < -0.3 is 9.47 Å². The summed E-state index contributed by atoms with van der Waals surface area (Å²) < 4.78 is 12.5. The Hall–Kier alpha value is -0.740. The molecule has 0 N–H and O–H groups in total. The highest BCUT2D eigenvalue weighted by atomic mass is 79.9. The molecule has 2 aliphatic heterocycles. The highest BCUT2D eigenvalue weighted by Gasteiger charge is 2.42. The Morgan fingerprint density at radius 3 is 2.45 bits per heavy atom. The molecule has 3 rings (SSSR count). The van der Waals surface area contributed by atoms with Crippen molar-refractivity contribution in [2.24, 2.45) is 0 Å². The van der Waals surface area contributed by atoms with E-state index in [1.165, 1.54) is 11.1 Å². The number of alkyl halides is 1. The van der Waals surface area contributed by atoms with Crippen molar-refractivity contribution in [1.29, 1.82) is 0 Å². The third-order valence-electron chi connectivity index (χ3n) is 4.99. The van der Waals surface area contributed by atoms with Crippen molar-refractivity contribution in [1.82, 2.24) is 4.90 Å². The molecule has 1 fully saturated rings. The lowest BCUT2D eigenvalue weighted by Gasteiger charge is -2.47. The van der Waals surface area contributed by atoms with E-state index in [1.807, 2.05) is 0 Å². The van der Waals surface area contributed by atoms with Gasteiger partial charge in [-0.05, 0) is 51.0 Å². The zero-order valence-corrected chi connectivity index (χ0v) is 15.6. The zero-order valence-electron chi connectivity index (χ0n) is 14.0. The number of fused-ring (bicyclic) bond motifs is 1. The van der Waals surface area contributed by atoms with E-state index in [-0.39, 0.29) is 11.1 Å². The van der Waals surface area contributed by atoms with Crippen molar-refractivity contribution < 1.29 is 9.47 Å². The zero-order chi connectivity index (χ0) is 16.0. The largest absolute Gasteiger partial charge is 0.486 e. The van der Waals surface area contributed by atoms with Crippen LogP contribution < -0.4 is 9.47 Å². The van der Waals surface area contributed by atoms with Gasteiger partial charge in [0.1, 0.15) is 12.2 Å². The molecule has 0 aliphatic carbocycles. The predicted octanol–water partition coefficient (Wildman–Crippen LogP) is 4.29. The second kappa shape index (κ2) is 5.72. The van der Waals surface area contributed by atoms with Crippen molar-refractivity contribution in [3.8, 4) is 11.5 Å². The van der Waals surface area contributed by atoms with Crippen molar-refractivity contribution in [2.75, 3.05) is 19.7 Å². The number of halogens is 1. The molecule has 22 heavy (non-hydrogen) atoms. The average molecular weight is 368 g/mol. The molecule has 0 unspecified atom stereocenters. The van der Waals surface area contributed by atoms with Crippen LogP contribution in [0.5, 0.6) is 11.5 Å². The van der Waals surface area contributed by atoms with Gasteiger partial charge in [0.25, 0.3) is 0 Å². The van der Waals surface area contributed by atoms with Crippen LogP contribution in [0.25, 0.3) is 0 Å². The number of nitrogens with zero attached hydrogens (tertiary/aromatic N) is 1. The van der Waals surface area contributed by atoms with Gasteiger partial charge in [0.15, 0.2) is 11.5 Å². The van der Waals surface area contributed by atoms with Crippen LogP contribution in [0.2, 0.25) is 0 Å². The van der Waals surface area contributed by atoms with Crippen LogP contribution in [0, 0.1) is 6.92 Å². The molecule has 0 atom stereocenters. The summed E-state index contributed by atoms with van der Waals surface area (Å²) in [5.74, 6) is 1.81. The Morgan fingerprint density at radius 1 is 1.18 bits per heavy atom. The molecule has 0 radical (unpaired) electrons. The Bertz CT molecular complexity index is 557. The van der Waals surface area contributed by atoms with Crippen LogP contribution in [0.3, 0.4) is 0 Å². The fourth-order valence-electron chi connectivity index (χ4n) is 3.34. The number of likely N-dealkylation sites (tertiary alicyclic amines) is 1. The van der Waals surface area contributed by atoms with Gasteiger partial charge in [0.2, 0.25) is 0 Å². The van der Waals surface area contributed by atoms with E-state index in [0.29, 0.717) is 6.61 Å². The lowest BCUT2D eigenvalue weighted by molar-refractivity contribution is -0.0662. The fourth-order valence-corrected chi connectivity index (χ4v) is 3.95. The molecule has 1 saturated heterocycles. The number of hydrogen-bond acceptors (Lipinski definition) is 3. The summed E-state index contributed by atoms with van der Waals surface area (Å²) in [4.78, 5) is 2.54. The van der Waals surface area contributed by atoms with E-state index in [1.54, 1.807) is 0 Å². The minimum atomic E-state index is -0.145. The van der Waals surface area contributed by atoms with Crippen molar-refractivity contribution in [3.05, 3.63) is 23.3 Å². The van der Waals surface area contributed by atoms with Gasteiger partial charge >= 0.3 is 0 Å². The Morgan fingerprint density at radius 2 is 1.86 bits per heavy atom. The Kier molecular flexibility index (Phi) is 4.19. The van der Waals surface area contributed by atoms with Gasteiger partial charge in [-0.2, -0.15) is 0 Å². The van der Waals surface area contributed by atoms with Crippen LogP contribution in [0.4, 0.5) is 0 Å². The molecule has 4 heteroatoms. The molecule has 3 nitrogen and oxygen atoms in total. The Balaban J connectivity index is 1.77. The van der Waals surface area contributed by atoms with Crippen LogP contribution in [0.15, 0.2) is 12.1 Å². The maximum absolute atomic E-state index is 6.45. The number of rotatable bonds is 1. The van der Waals surface area contributed by atoms with E-state index in [0.717, 1.165) is 42.8 Å². The molecule has 1 aromatic rings. The SMILES string of the molecule is Cc1cc2c(cc1CBr)OC1(CCN(C(C)(C)C)CC1)CO2. The second-order valence-electron chi connectivity index (χ2n) is 7.59. The number of ether oxygens (including phenoxy) is 2. The normalized spacial score (nSPS) is 21.1. The first-order chi connectivity index (χ1) is 10.3. The summed E-state index contributed by atoms with van der Waals surface area (Å²) >= 11 is 3.55. The van der Waals surface area contributed by atoms with E-state index < -0.39 is 0 Å². The number of piperidine rings is 1. The molecule has 0 aromatic heterocycles. The first-order valence-corrected chi connectivity index (χ1v) is 9.21. The maximum atomic E-state index is 6.45. The number of aryl methyl sites for hydroxylation is 1. The van der Waals surface area contributed by atoms with Gasteiger partial charge in [-0.1, -0.05) is 15.9 Å². The third-order valence-corrected chi connectivity index (χ3v) is 5.59. The fraction of sp³-hybridized carbons (Fsp3) is 0.667. The first kappa shape index (κ1) is 16.1. The summed E-state index contributed by atoms with van der Waals surface area (Å²) in [6.45, 7) is 11.8. The minimum Gasteiger partial charge on any atom is -0.486 e. The summed E-state index contributed by atoms with van der Waals surface area (Å²) in [5.41, 5.74) is 2.60. The van der Waals surface area contributed by atoms with Crippen molar-refractivity contribution in [3.63, 3.8) is 0 Å². The molecular formula is C18H26BrNO2. The average Bonchev–Trinajstić information content (AvgIpc) is 2.47. The van der Waals surface area contributed by atoms with E-state index in [9.17, 15) is 0 Å². The first-order valence-electron chi connectivity index (χ1n) is 8.09. The maximum Gasteiger partial charge on any atom is 0.162 e. The van der Waals surface area contributed by atoms with E-state index in [2.05, 4.69) is 60.7 Å². The highest BCUT2D eigenvalue weighted by molar-refractivity contribution is 9.08. The van der Waals surface area contributed by atoms with E-state index in [4.69, 9.17) is 9.47 Å². The standard InChI is InChI=1S/C18H26BrNO2/c1-13-9-15-16(10-14(13)11-19)22-18(12-21-15)5-7-20(8-6-18)17(2,3)4/h9-10H,5-8,11-12H2,1-4H3. The van der Waals surface area contributed by atoms with Gasteiger partial charge in [-0.15, -0.1) is 0 Å². The van der Waals surface area contributed by atoms with Crippen LogP contribution in [-0.4, -0.2) is 35.7 Å². The number of benzene rings is 1. The highest BCUT2D eigenvalue weighted by Crippen LogP contribution is 2.42. The molecule has 0 bridgehead atoms. The van der Waals surface area contributed by atoms with Crippen LogP contribution >= 0.6 is 15.9 Å². The molecule has 122 valence electrons. The topological polar surface area (TPSA) is 21.7 Å². The number of hydrogen-bond donors (Lipinski definition) is 0. The van der Waals surface area contributed by atoms with Crippen molar-refractivity contribution in [2.45, 2.75) is 57.0 Å². The minimum absolute atomic E-state index is 0.145. The molecule has 0 saturated carbocycles. The lowest BCUT2D eigenvalue weighted by Crippen LogP contribution is -2.56. The molecule has 1 spiro atoms. The van der Waals surface area contributed by atoms with Gasteiger partial charge in [0, 0.05) is 36.8 Å². The summed E-state index contributed by atoms with van der Waals surface area (Å²) in [6, 6.07) is 4.24. The monoisotopic (exact) mass is 367 g/mol.